The Hall–Kier alpha value is -0.790. The van der Waals surface area contributed by atoms with Gasteiger partial charge in [-0.25, -0.2) is 9.59 Å². The Labute approximate surface area is 47.9 Å². The molecule has 1 saturated carbocycles. The summed E-state index contributed by atoms with van der Waals surface area (Å²) in [5, 5.41) is 0. The lowest BCUT2D eigenvalue weighted by atomic mass is 9.98. The predicted molar refractivity (Wildman–Crippen MR) is 28.2 cm³/mol. The van der Waals surface area contributed by atoms with Crippen molar-refractivity contribution in [3.63, 3.8) is 0 Å². The summed E-state index contributed by atoms with van der Waals surface area (Å²) in [5.41, 5.74) is 0. The van der Waals surface area contributed by atoms with Crippen LogP contribution in [-0.4, -0.2) is 11.6 Å². The van der Waals surface area contributed by atoms with Gasteiger partial charge in [-0.2, -0.15) is 0 Å². The Bertz CT molecular complexity index is 112. The van der Waals surface area contributed by atoms with E-state index < -0.39 is 0 Å². The highest BCUT2D eigenvalue weighted by Gasteiger charge is 2.26. The monoisotopic (exact) mass is 111 g/mol. The zero-order valence-corrected chi connectivity index (χ0v) is 4.52. The summed E-state index contributed by atoms with van der Waals surface area (Å²) in [6.45, 7) is 0. The quantitative estimate of drug-likeness (QED) is 0.427. The summed E-state index contributed by atoms with van der Waals surface area (Å²) in [6.07, 6.45) is 3.06. The van der Waals surface area contributed by atoms with E-state index in [2.05, 4.69) is 0 Å². The molecule has 0 N–H and O–H groups in total. The maximum absolute atomic E-state index is 10.4. The van der Waals surface area contributed by atoms with Gasteiger partial charge in [-0.1, -0.05) is 0 Å². The van der Waals surface area contributed by atoms with Gasteiger partial charge in [0.15, 0.2) is 0 Å². The van der Waals surface area contributed by atoms with Crippen molar-refractivity contribution in [3.8, 4) is 0 Å². The molecule has 0 amide bonds. The molecule has 0 heterocycles. The molecule has 0 aromatic heterocycles. The summed E-state index contributed by atoms with van der Waals surface area (Å²) >= 11 is 0. The Kier molecular flexibility index (Phi) is 1.33. The van der Waals surface area contributed by atoms with Crippen molar-refractivity contribution in [2.45, 2.75) is 19.3 Å². The summed E-state index contributed by atoms with van der Waals surface area (Å²) in [6, 6.07) is 0. The van der Waals surface area contributed by atoms with Gasteiger partial charge in [0.2, 0.25) is 6.42 Å². The molecule has 0 aromatic rings. The fourth-order valence-electron chi connectivity index (χ4n) is 0.761. The van der Waals surface area contributed by atoms with Crippen LogP contribution in [0, 0.1) is 6.42 Å². The first-order valence-corrected chi connectivity index (χ1v) is 2.69. The van der Waals surface area contributed by atoms with Crippen LogP contribution in [0.2, 0.25) is 0 Å². The van der Waals surface area contributed by atoms with E-state index in [-0.39, 0.29) is 11.6 Å². The van der Waals surface area contributed by atoms with Crippen LogP contribution >= 0.6 is 0 Å². The number of carbonyl (C=O) groups excluding carboxylic acids is 2. The van der Waals surface area contributed by atoms with Crippen LogP contribution in [0.1, 0.15) is 19.3 Å². The van der Waals surface area contributed by atoms with Crippen LogP contribution in [0.4, 0.5) is 0 Å². The first kappa shape index (κ1) is 5.35. The second kappa shape index (κ2) is 1.99. The molecule has 0 aliphatic heterocycles. The highest BCUT2D eigenvalue weighted by Crippen LogP contribution is 2.08. The zero-order valence-electron chi connectivity index (χ0n) is 4.52. The van der Waals surface area contributed by atoms with Crippen LogP contribution in [0.3, 0.4) is 0 Å². The molecule has 0 bridgehead atoms. The summed E-state index contributed by atoms with van der Waals surface area (Å²) in [7, 11) is 0. The van der Waals surface area contributed by atoms with Gasteiger partial charge in [0.25, 0.3) is 0 Å². The largest absolute Gasteiger partial charge is 0.315 e. The standard InChI is InChI=1S/C6H7O2/c7-5-2-1-3-6(8)4-5/h4H,1-3H2/q+1. The lowest BCUT2D eigenvalue weighted by molar-refractivity contribution is -0.124. The number of rotatable bonds is 0. The molecule has 8 heavy (non-hydrogen) atoms. The smallest absolute Gasteiger partial charge is 0.243 e. The Morgan fingerprint density at radius 3 is 1.88 bits per heavy atom. The molecule has 1 aliphatic rings. The third-order valence-electron chi connectivity index (χ3n) is 1.17. The first-order chi connectivity index (χ1) is 3.79. The molecule has 0 saturated heterocycles. The predicted octanol–water partition coefficient (Wildman–Crippen LogP) is 0.513. The minimum absolute atomic E-state index is 0.0127. The molecule has 0 spiro atoms. The lowest BCUT2D eigenvalue weighted by Crippen LogP contribution is -2.14. The number of carbonyl (C=O) groups is 2. The Morgan fingerprint density at radius 2 is 1.62 bits per heavy atom. The molecule has 1 fully saturated rings. The van der Waals surface area contributed by atoms with E-state index in [0.29, 0.717) is 12.8 Å². The number of Topliss-reactive ketones (excluding diaryl/α,β-unsaturated/α-hetero) is 2. The normalized spacial score (nSPS) is 20.5. The van der Waals surface area contributed by atoms with Gasteiger partial charge in [-0.15, -0.1) is 0 Å². The molecule has 1 rings (SSSR count). The van der Waals surface area contributed by atoms with E-state index in [1.54, 1.807) is 0 Å². The first-order valence-electron chi connectivity index (χ1n) is 2.69. The second-order valence-corrected chi connectivity index (χ2v) is 1.93. The van der Waals surface area contributed by atoms with Crippen molar-refractivity contribution in [1.82, 2.24) is 0 Å². The van der Waals surface area contributed by atoms with Crippen LogP contribution in [0.5, 0.6) is 0 Å². The average Bonchev–Trinajstić information content (AvgIpc) is 1.64. The number of ketones is 2. The molecule has 42 valence electrons. The fourth-order valence-corrected chi connectivity index (χ4v) is 0.761. The van der Waals surface area contributed by atoms with Crippen LogP contribution in [0.15, 0.2) is 0 Å². The van der Waals surface area contributed by atoms with Crippen molar-refractivity contribution in [2.75, 3.05) is 0 Å². The lowest BCUT2D eigenvalue weighted by Gasteiger charge is -1.95. The van der Waals surface area contributed by atoms with E-state index in [0.717, 1.165) is 6.42 Å². The van der Waals surface area contributed by atoms with Crippen LogP contribution < -0.4 is 0 Å². The van der Waals surface area contributed by atoms with E-state index in [1.807, 2.05) is 0 Å². The SMILES string of the molecule is O=C1[CH+]C(=O)CCC1. The topological polar surface area (TPSA) is 34.1 Å². The number of hydrogen-bond acceptors (Lipinski definition) is 2. The van der Waals surface area contributed by atoms with Crippen LogP contribution in [0.25, 0.3) is 0 Å². The van der Waals surface area contributed by atoms with E-state index >= 15 is 0 Å². The van der Waals surface area contributed by atoms with E-state index in [1.165, 1.54) is 6.42 Å². The number of hydrogen-bond donors (Lipinski definition) is 0. The molecule has 0 aromatic carbocycles. The third-order valence-corrected chi connectivity index (χ3v) is 1.17. The van der Waals surface area contributed by atoms with Crippen LogP contribution in [-0.2, 0) is 9.59 Å². The highest BCUT2D eigenvalue weighted by molar-refractivity contribution is 6.12. The molecule has 0 radical (unpaired) electrons. The molecule has 0 atom stereocenters. The molecule has 0 unspecified atom stereocenters. The Morgan fingerprint density at radius 1 is 1.12 bits per heavy atom. The van der Waals surface area contributed by atoms with E-state index in [4.69, 9.17) is 0 Å². The van der Waals surface area contributed by atoms with Crippen molar-refractivity contribution in [3.05, 3.63) is 6.42 Å². The summed E-state index contributed by atoms with van der Waals surface area (Å²) in [4.78, 5) is 20.8. The third kappa shape index (κ3) is 1.09. The van der Waals surface area contributed by atoms with Crippen molar-refractivity contribution in [1.29, 1.82) is 0 Å². The van der Waals surface area contributed by atoms with Gasteiger partial charge in [-0.05, 0) is 6.42 Å². The van der Waals surface area contributed by atoms with Gasteiger partial charge >= 0.3 is 11.6 Å². The second-order valence-electron chi connectivity index (χ2n) is 1.93. The molecular weight excluding hydrogens is 104 g/mol. The summed E-state index contributed by atoms with van der Waals surface area (Å²) in [5.74, 6) is -0.0255. The van der Waals surface area contributed by atoms with Crippen molar-refractivity contribution >= 4 is 11.6 Å². The molecule has 1 aliphatic carbocycles. The van der Waals surface area contributed by atoms with E-state index in [9.17, 15) is 9.59 Å². The molecular formula is C6H7O2+. The van der Waals surface area contributed by atoms with Gasteiger partial charge in [-0.3, -0.25) is 0 Å². The Balaban J connectivity index is 2.45. The van der Waals surface area contributed by atoms with Crippen molar-refractivity contribution < 1.29 is 9.59 Å². The van der Waals surface area contributed by atoms with Gasteiger partial charge in [0.05, 0.1) is 12.8 Å². The molecule has 2 nitrogen and oxygen atoms in total. The van der Waals surface area contributed by atoms with Crippen molar-refractivity contribution in [2.24, 2.45) is 0 Å². The van der Waals surface area contributed by atoms with Gasteiger partial charge in [0.1, 0.15) is 0 Å². The zero-order chi connectivity index (χ0) is 5.98. The fraction of sp³-hybridized carbons (Fsp3) is 0.500. The summed E-state index contributed by atoms with van der Waals surface area (Å²) < 4.78 is 0. The minimum Gasteiger partial charge on any atom is -0.243 e. The van der Waals surface area contributed by atoms with Gasteiger partial charge < -0.3 is 0 Å². The maximum Gasteiger partial charge on any atom is 0.315 e. The van der Waals surface area contributed by atoms with Gasteiger partial charge in [0, 0.05) is 0 Å². The maximum atomic E-state index is 10.4. The minimum atomic E-state index is -0.0127. The highest BCUT2D eigenvalue weighted by atomic mass is 16.1. The molecule has 2 heteroatoms. The average molecular weight is 111 g/mol.